The number of nitrogens with one attached hydrogen (secondary N) is 1. The lowest BCUT2D eigenvalue weighted by molar-refractivity contribution is -0.130. The highest BCUT2D eigenvalue weighted by Gasteiger charge is 2.25. The van der Waals surface area contributed by atoms with Crippen LogP contribution in [0.4, 0.5) is 0 Å². The third-order valence-electron chi connectivity index (χ3n) is 3.99. The second kappa shape index (κ2) is 9.70. The van der Waals surface area contributed by atoms with Gasteiger partial charge in [-0.2, -0.15) is 0 Å². The van der Waals surface area contributed by atoms with Gasteiger partial charge in [0.25, 0.3) is 0 Å². The van der Waals surface area contributed by atoms with E-state index in [1.165, 1.54) is 5.56 Å². The zero-order chi connectivity index (χ0) is 15.1. The van der Waals surface area contributed by atoms with Crippen LogP contribution >= 0.6 is 12.4 Å². The van der Waals surface area contributed by atoms with Crippen molar-refractivity contribution in [3.8, 4) is 5.75 Å². The van der Waals surface area contributed by atoms with E-state index in [-0.39, 0.29) is 18.3 Å². The van der Waals surface area contributed by atoms with Crippen molar-refractivity contribution < 1.29 is 9.53 Å². The quantitative estimate of drug-likeness (QED) is 0.837. The maximum Gasteiger partial charge on any atom is 0.222 e. The number of carbonyl (C=O) groups excluding carboxylic acids is 1. The van der Waals surface area contributed by atoms with Crippen LogP contribution in [-0.2, 0) is 11.2 Å². The first-order valence-corrected chi connectivity index (χ1v) is 7.87. The van der Waals surface area contributed by atoms with E-state index in [0.717, 1.165) is 38.2 Å². The molecule has 5 heteroatoms. The van der Waals surface area contributed by atoms with E-state index in [1.807, 2.05) is 43.1 Å². The van der Waals surface area contributed by atoms with E-state index in [1.54, 1.807) is 0 Å². The Morgan fingerprint density at radius 3 is 2.73 bits per heavy atom. The standard InChI is InChI=1S/C17H26N2O2.ClH/c1-3-21-16-7-4-14(5-8-16)6-9-17(20)19-11-10-15(13-19)12-18-2;/h4-5,7-8,15,18H,3,6,9-13H2,1-2H3;1H. The van der Waals surface area contributed by atoms with Crippen LogP contribution in [0.1, 0.15) is 25.3 Å². The minimum atomic E-state index is 0. The molecule has 1 amide bonds. The molecule has 0 radical (unpaired) electrons. The lowest BCUT2D eigenvalue weighted by Crippen LogP contribution is -2.30. The van der Waals surface area contributed by atoms with Gasteiger partial charge in [0.15, 0.2) is 0 Å². The number of ether oxygens (including phenoxy) is 1. The minimum Gasteiger partial charge on any atom is -0.494 e. The van der Waals surface area contributed by atoms with Gasteiger partial charge in [0.2, 0.25) is 5.91 Å². The second-order valence-corrected chi connectivity index (χ2v) is 5.63. The highest BCUT2D eigenvalue weighted by atomic mass is 35.5. The molecule has 0 bridgehead atoms. The Kier molecular flexibility index (Phi) is 8.28. The van der Waals surface area contributed by atoms with Crippen LogP contribution in [0.5, 0.6) is 5.75 Å². The summed E-state index contributed by atoms with van der Waals surface area (Å²) in [4.78, 5) is 14.2. The SMILES string of the molecule is CCOc1ccc(CCC(=O)N2CCC(CNC)C2)cc1.Cl. The Morgan fingerprint density at radius 2 is 2.09 bits per heavy atom. The monoisotopic (exact) mass is 326 g/mol. The van der Waals surface area contributed by atoms with Gasteiger partial charge < -0.3 is 15.0 Å². The predicted octanol–water partition coefficient (Wildman–Crippen LogP) is 2.51. The molecule has 4 nitrogen and oxygen atoms in total. The number of hydrogen-bond donors (Lipinski definition) is 1. The summed E-state index contributed by atoms with van der Waals surface area (Å²) < 4.78 is 5.42. The number of amides is 1. The molecular formula is C17H27ClN2O2. The van der Waals surface area contributed by atoms with Crippen molar-refractivity contribution in [1.29, 1.82) is 0 Å². The van der Waals surface area contributed by atoms with Crippen LogP contribution in [0.2, 0.25) is 0 Å². The first-order chi connectivity index (χ1) is 10.2. The van der Waals surface area contributed by atoms with Crippen molar-refractivity contribution in [1.82, 2.24) is 10.2 Å². The number of aryl methyl sites for hydroxylation is 1. The number of hydrogen-bond acceptors (Lipinski definition) is 3. The van der Waals surface area contributed by atoms with Crippen molar-refractivity contribution in [2.75, 3.05) is 33.3 Å². The van der Waals surface area contributed by atoms with Gasteiger partial charge in [-0.1, -0.05) is 12.1 Å². The average Bonchev–Trinajstić information content (AvgIpc) is 2.96. The number of halogens is 1. The molecule has 0 spiro atoms. The molecule has 1 N–H and O–H groups in total. The number of benzene rings is 1. The third kappa shape index (κ3) is 5.50. The highest BCUT2D eigenvalue weighted by Crippen LogP contribution is 2.18. The molecular weight excluding hydrogens is 300 g/mol. The summed E-state index contributed by atoms with van der Waals surface area (Å²) in [5, 5.41) is 3.19. The van der Waals surface area contributed by atoms with E-state index >= 15 is 0 Å². The fraction of sp³-hybridized carbons (Fsp3) is 0.588. The first-order valence-electron chi connectivity index (χ1n) is 7.87. The Hall–Kier alpha value is -1.26. The molecule has 0 saturated carbocycles. The molecule has 1 aromatic rings. The molecule has 124 valence electrons. The summed E-state index contributed by atoms with van der Waals surface area (Å²) in [6, 6.07) is 8.04. The molecule has 1 aromatic carbocycles. The summed E-state index contributed by atoms with van der Waals surface area (Å²) in [5.41, 5.74) is 1.19. The van der Waals surface area contributed by atoms with E-state index < -0.39 is 0 Å². The summed E-state index contributed by atoms with van der Waals surface area (Å²) in [7, 11) is 1.97. The Labute approximate surface area is 139 Å². The Morgan fingerprint density at radius 1 is 1.36 bits per heavy atom. The largest absolute Gasteiger partial charge is 0.494 e. The molecule has 1 heterocycles. The van der Waals surface area contributed by atoms with Crippen LogP contribution in [0.15, 0.2) is 24.3 Å². The lowest BCUT2D eigenvalue weighted by Gasteiger charge is -2.16. The fourth-order valence-electron chi connectivity index (χ4n) is 2.84. The zero-order valence-corrected chi connectivity index (χ0v) is 14.3. The Balaban J connectivity index is 0.00000242. The molecule has 1 fully saturated rings. The molecule has 22 heavy (non-hydrogen) atoms. The van der Waals surface area contributed by atoms with Crippen LogP contribution in [0.3, 0.4) is 0 Å². The maximum absolute atomic E-state index is 12.2. The van der Waals surface area contributed by atoms with Gasteiger partial charge in [-0.3, -0.25) is 4.79 Å². The second-order valence-electron chi connectivity index (χ2n) is 5.63. The van der Waals surface area contributed by atoms with Gasteiger partial charge in [-0.05, 0) is 57.0 Å². The van der Waals surface area contributed by atoms with Crippen molar-refractivity contribution in [2.24, 2.45) is 5.92 Å². The average molecular weight is 327 g/mol. The van der Waals surface area contributed by atoms with Gasteiger partial charge in [0, 0.05) is 19.5 Å². The van der Waals surface area contributed by atoms with Gasteiger partial charge in [-0.15, -0.1) is 12.4 Å². The zero-order valence-electron chi connectivity index (χ0n) is 13.5. The van der Waals surface area contributed by atoms with Crippen molar-refractivity contribution in [2.45, 2.75) is 26.2 Å². The predicted molar refractivity (Wildman–Crippen MR) is 91.8 cm³/mol. The van der Waals surface area contributed by atoms with Gasteiger partial charge in [-0.25, -0.2) is 0 Å². The molecule has 2 rings (SSSR count). The van der Waals surface area contributed by atoms with Crippen molar-refractivity contribution >= 4 is 18.3 Å². The van der Waals surface area contributed by atoms with Crippen molar-refractivity contribution in [3.05, 3.63) is 29.8 Å². The number of nitrogens with zero attached hydrogens (tertiary/aromatic N) is 1. The summed E-state index contributed by atoms with van der Waals surface area (Å²) in [6.07, 6.45) is 2.52. The molecule has 0 aromatic heterocycles. The van der Waals surface area contributed by atoms with Gasteiger partial charge in [0.1, 0.15) is 5.75 Å². The third-order valence-corrected chi connectivity index (χ3v) is 3.99. The summed E-state index contributed by atoms with van der Waals surface area (Å²) in [5.74, 6) is 1.79. The molecule has 1 aliphatic heterocycles. The van der Waals surface area contributed by atoms with E-state index in [4.69, 9.17) is 4.74 Å². The first kappa shape index (κ1) is 18.8. The highest BCUT2D eigenvalue weighted by molar-refractivity contribution is 5.85. The topological polar surface area (TPSA) is 41.6 Å². The van der Waals surface area contributed by atoms with E-state index in [0.29, 0.717) is 18.9 Å². The van der Waals surface area contributed by atoms with E-state index in [9.17, 15) is 4.79 Å². The van der Waals surface area contributed by atoms with Gasteiger partial charge >= 0.3 is 0 Å². The minimum absolute atomic E-state index is 0. The molecule has 1 aliphatic rings. The number of rotatable bonds is 7. The smallest absolute Gasteiger partial charge is 0.222 e. The van der Waals surface area contributed by atoms with Crippen LogP contribution in [0, 0.1) is 5.92 Å². The van der Waals surface area contributed by atoms with Crippen LogP contribution in [-0.4, -0.2) is 44.1 Å². The molecule has 0 aliphatic carbocycles. The molecule has 1 saturated heterocycles. The maximum atomic E-state index is 12.2. The van der Waals surface area contributed by atoms with E-state index in [2.05, 4.69) is 5.32 Å². The van der Waals surface area contributed by atoms with Crippen molar-refractivity contribution in [3.63, 3.8) is 0 Å². The number of carbonyl (C=O) groups is 1. The van der Waals surface area contributed by atoms with Crippen LogP contribution in [0.25, 0.3) is 0 Å². The summed E-state index contributed by atoms with van der Waals surface area (Å²) in [6.45, 7) is 5.48. The summed E-state index contributed by atoms with van der Waals surface area (Å²) >= 11 is 0. The molecule has 1 atom stereocenters. The normalized spacial score (nSPS) is 17.2. The lowest BCUT2D eigenvalue weighted by atomic mass is 10.1. The Bertz CT molecular complexity index is 450. The fourth-order valence-corrected chi connectivity index (χ4v) is 2.84. The van der Waals surface area contributed by atoms with Gasteiger partial charge in [0.05, 0.1) is 6.61 Å². The molecule has 1 unspecified atom stereocenters. The van der Waals surface area contributed by atoms with Crippen LogP contribution < -0.4 is 10.1 Å². The number of likely N-dealkylation sites (tertiary alicyclic amines) is 1.